The van der Waals surface area contributed by atoms with Gasteiger partial charge < -0.3 is 20.0 Å². The van der Waals surface area contributed by atoms with Crippen molar-refractivity contribution in [3.63, 3.8) is 0 Å². The first-order valence-corrected chi connectivity index (χ1v) is 7.47. The van der Waals surface area contributed by atoms with Gasteiger partial charge in [0.2, 0.25) is 0 Å². The molecule has 1 aliphatic heterocycles. The summed E-state index contributed by atoms with van der Waals surface area (Å²) >= 11 is 0. The molecule has 0 bridgehead atoms. The average molecular weight is 292 g/mol. The van der Waals surface area contributed by atoms with Crippen molar-refractivity contribution < 1.29 is 15.0 Å². The van der Waals surface area contributed by atoms with Gasteiger partial charge in [0.15, 0.2) is 0 Å². The molecule has 0 radical (unpaired) electrons. The summed E-state index contributed by atoms with van der Waals surface area (Å²) in [5.74, 6) is -0.762. The van der Waals surface area contributed by atoms with E-state index in [9.17, 15) is 9.90 Å². The maximum Gasteiger partial charge on any atom is 0.304 e. The van der Waals surface area contributed by atoms with E-state index in [0.29, 0.717) is 6.54 Å². The van der Waals surface area contributed by atoms with Gasteiger partial charge >= 0.3 is 5.97 Å². The van der Waals surface area contributed by atoms with Gasteiger partial charge in [-0.3, -0.25) is 4.79 Å². The predicted molar refractivity (Wildman–Crippen MR) is 82.5 cm³/mol. The van der Waals surface area contributed by atoms with Gasteiger partial charge in [-0.25, -0.2) is 0 Å². The molecule has 0 atom stereocenters. The maximum atomic E-state index is 10.6. The van der Waals surface area contributed by atoms with Gasteiger partial charge in [-0.05, 0) is 37.6 Å². The first-order chi connectivity index (χ1) is 10.0. The third kappa shape index (κ3) is 5.02. The smallest absolute Gasteiger partial charge is 0.304 e. The Kier molecular flexibility index (Phi) is 5.59. The van der Waals surface area contributed by atoms with Crippen LogP contribution in [0, 0.1) is 0 Å². The average Bonchev–Trinajstić information content (AvgIpc) is 2.46. The van der Waals surface area contributed by atoms with Crippen LogP contribution < -0.4 is 4.90 Å². The molecule has 2 rings (SSSR count). The normalized spacial score (nSPS) is 16.4. The van der Waals surface area contributed by atoms with Crippen molar-refractivity contribution in [2.45, 2.75) is 31.9 Å². The summed E-state index contributed by atoms with van der Waals surface area (Å²) < 4.78 is 0. The molecule has 2 N–H and O–H groups in total. The van der Waals surface area contributed by atoms with Crippen molar-refractivity contribution in [3.05, 3.63) is 29.8 Å². The van der Waals surface area contributed by atoms with Crippen LogP contribution >= 0.6 is 0 Å². The Morgan fingerprint density at radius 3 is 2.76 bits per heavy atom. The highest BCUT2D eigenvalue weighted by Gasteiger charge is 2.17. The lowest BCUT2D eigenvalue weighted by atomic mass is 10.1. The van der Waals surface area contributed by atoms with Crippen LogP contribution in [0.4, 0.5) is 5.69 Å². The fraction of sp³-hybridized carbons (Fsp3) is 0.562. The third-order valence-corrected chi connectivity index (χ3v) is 3.90. The van der Waals surface area contributed by atoms with Crippen molar-refractivity contribution in [1.82, 2.24) is 4.90 Å². The van der Waals surface area contributed by atoms with Crippen LogP contribution in [0.3, 0.4) is 0 Å². The van der Waals surface area contributed by atoms with E-state index in [1.165, 1.54) is 11.3 Å². The lowest BCUT2D eigenvalue weighted by Crippen LogP contribution is -2.35. The number of aliphatic carboxylic acids is 1. The second kappa shape index (κ2) is 7.43. The van der Waals surface area contributed by atoms with Crippen molar-refractivity contribution >= 4 is 11.7 Å². The summed E-state index contributed by atoms with van der Waals surface area (Å²) in [4.78, 5) is 14.9. The molecule has 0 aromatic heterocycles. The van der Waals surface area contributed by atoms with E-state index in [4.69, 9.17) is 5.11 Å². The van der Waals surface area contributed by atoms with Gasteiger partial charge in [0, 0.05) is 31.9 Å². The van der Waals surface area contributed by atoms with E-state index in [2.05, 4.69) is 23.1 Å². The largest absolute Gasteiger partial charge is 0.481 e. The number of piperidine rings is 1. The molecule has 5 nitrogen and oxygen atoms in total. The summed E-state index contributed by atoms with van der Waals surface area (Å²) in [6.07, 6.45) is 1.65. The molecule has 0 amide bonds. The van der Waals surface area contributed by atoms with E-state index in [-0.39, 0.29) is 12.5 Å². The molecule has 1 heterocycles. The quantitative estimate of drug-likeness (QED) is 0.833. The molecule has 21 heavy (non-hydrogen) atoms. The Morgan fingerprint density at radius 1 is 1.38 bits per heavy atom. The molecular formula is C16H24N2O3. The van der Waals surface area contributed by atoms with Crippen LogP contribution in [0.25, 0.3) is 0 Å². The van der Waals surface area contributed by atoms with Crippen LogP contribution in [0.1, 0.15) is 24.8 Å². The fourth-order valence-corrected chi connectivity index (χ4v) is 2.65. The predicted octanol–water partition coefficient (Wildman–Crippen LogP) is 1.55. The molecule has 1 aliphatic rings. The first-order valence-electron chi connectivity index (χ1n) is 7.47. The summed E-state index contributed by atoms with van der Waals surface area (Å²) in [6.45, 7) is 3.08. The number of rotatable bonds is 6. The summed E-state index contributed by atoms with van der Waals surface area (Å²) in [6, 6.07) is 8.37. The molecule has 0 unspecified atom stereocenters. The monoisotopic (exact) mass is 292 g/mol. The Bertz CT molecular complexity index is 470. The van der Waals surface area contributed by atoms with E-state index in [1.54, 1.807) is 0 Å². The topological polar surface area (TPSA) is 64.0 Å². The number of benzene rings is 1. The molecule has 0 saturated carbocycles. The Balaban J connectivity index is 1.92. The standard InChI is InChI=1S/C16H24N2O3/c1-17(8-7-16(20)21)12-13-3-2-4-14(11-13)18-9-5-15(19)6-10-18/h2-4,11,15,19H,5-10,12H2,1H3,(H,20,21). The fourth-order valence-electron chi connectivity index (χ4n) is 2.65. The molecule has 1 aromatic carbocycles. The molecule has 1 fully saturated rings. The van der Waals surface area contributed by atoms with Crippen LogP contribution in [0.2, 0.25) is 0 Å². The van der Waals surface area contributed by atoms with Crippen molar-refractivity contribution in [2.24, 2.45) is 0 Å². The SMILES string of the molecule is CN(CCC(=O)O)Cc1cccc(N2CCC(O)CC2)c1. The summed E-state index contributed by atoms with van der Waals surface area (Å²) in [5.41, 5.74) is 2.37. The van der Waals surface area contributed by atoms with Crippen LogP contribution in [0.5, 0.6) is 0 Å². The highest BCUT2D eigenvalue weighted by molar-refractivity contribution is 5.66. The van der Waals surface area contributed by atoms with E-state index in [1.807, 2.05) is 18.0 Å². The molecule has 5 heteroatoms. The van der Waals surface area contributed by atoms with Crippen molar-refractivity contribution in [1.29, 1.82) is 0 Å². The molecule has 1 saturated heterocycles. The molecular weight excluding hydrogens is 268 g/mol. The molecule has 0 aliphatic carbocycles. The number of carbonyl (C=O) groups is 1. The van der Waals surface area contributed by atoms with Crippen LogP contribution in [-0.2, 0) is 11.3 Å². The second-order valence-electron chi connectivity index (χ2n) is 5.77. The van der Waals surface area contributed by atoms with Gasteiger partial charge in [-0.1, -0.05) is 12.1 Å². The van der Waals surface area contributed by atoms with Crippen LogP contribution in [0.15, 0.2) is 24.3 Å². The van der Waals surface area contributed by atoms with Gasteiger partial charge in [-0.2, -0.15) is 0 Å². The summed E-state index contributed by atoms with van der Waals surface area (Å²) in [5, 5.41) is 18.3. The van der Waals surface area contributed by atoms with Gasteiger partial charge in [0.25, 0.3) is 0 Å². The maximum absolute atomic E-state index is 10.6. The first kappa shape index (κ1) is 15.8. The number of nitrogens with zero attached hydrogens (tertiary/aromatic N) is 2. The van der Waals surface area contributed by atoms with Crippen molar-refractivity contribution in [2.75, 3.05) is 31.6 Å². The lowest BCUT2D eigenvalue weighted by Gasteiger charge is -2.31. The Labute approximate surface area is 125 Å². The number of aliphatic hydroxyl groups is 1. The highest BCUT2D eigenvalue weighted by atomic mass is 16.4. The number of aliphatic hydroxyl groups excluding tert-OH is 1. The highest BCUT2D eigenvalue weighted by Crippen LogP contribution is 2.21. The van der Waals surface area contributed by atoms with E-state index < -0.39 is 5.97 Å². The molecule has 0 spiro atoms. The minimum atomic E-state index is -0.762. The van der Waals surface area contributed by atoms with Gasteiger partial charge in [0.1, 0.15) is 0 Å². The number of hydrogen-bond acceptors (Lipinski definition) is 4. The zero-order chi connectivity index (χ0) is 15.2. The van der Waals surface area contributed by atoms with Gasteiger partial charge in [0.05, 0.1) is 12.5 Å². The minimum Gasteiger partial charge on any atom is -0.481 e. The number of carboxylic acids is 1. The zero-order valence-corrected chi connectivity index (χ0v) is 12.5. The van der Waals surface area contributed by atoms with E-state index >= 15 is 0 Å². The van der Waals surface area contributed by atoms with Crippen molar-refractivity contribution in [3.8, 4) is 0 Å². The zero-order valence-electron chi connectivity index (χ0n) is 12.5. The molecule has 116 valence electrons. The van der Waals surface area contributed by atoms with Gasteiger partial charge in [-0.15, -0.1) is 0 Å². The Morgan fingerprint density at radius 2 is 2.10 bits per heavy atom. The molecule has 1 aromatic rings. The lowest BCUT2D eigenvalue weighted by molar-refractivity contribution is -0.137. The van der Waals surface area contributed by atoms with E-state index in [0.717, 1.165) is 32.5 Å². The number of hydrogen-bond donors (Lipinski definition) is 2. The van der Waals surface area contributed by atoms with Crippen LogP contribution in [-0.4, -0.2) is 53.9 Å². The number of anilines is 1. The Hall–Kier alpha value is -1.59. The minimum absolute atomic E-state index is 0.161. The number of carboxylic acid groups (broad SMARTS) is 1. The summed E-state index contributed by atoms with van der Waals surface area (Å²) in [7, 11) is 1.94. The third-order valence-electron chi connectivity index (χ3n) is 3.90. The second-order valence-corrected chi connectivity index (χ2v) is 5.77.